The van der Waals surface area contributed by atoms with Gasteiger partial charge in [-0.3, -0.25) is 0 Å². The lowest BCUT2D eigenvalue weighted by Crippen LogP contribution is -2.22. The fraction of sp³-hybridized carbons (Fsp3) is 1.00. The predicted molar refractivity (Wildman–Crippen MR) is 50.9 cm³/mol. The van der Waals surface area contributed by atoms with Gasteiger partial charge in [0.1, 0.15) is 0 Å². The lowest BCUT2D eigenvalue weighted by Gasteiger charge is -2.25. The highest BCUT2D eigenvalue weighted by atomic mass is 79.9. The Hall–Kier alpha value is 0.830. The first kappa shape index (κ1) is 7.48. The lowest BCUT2D eigenvalue weighted by atomic mass is 9.87. The number of hydrogen-bond acceptors (Lipinski definition) is 1. The maximum Gasteiger partial charge on any atom is 0.0275 e. The molecule has 1 aliphatic heterocycles. The minimum atomic E-state index is 0.836. The van der Waals surface area contributed by atoms with Crippen molar-refractivity contribution in [2.45, 2.75) is 35.8 Å². The van der Waals surface area contributed by atoms with E-state index in [-0.39, 0.29) is 0 Å². The molecule has 2 rings (SSSR count). The third-order valence-electron chi connectivity index (χ3n) is 2.69. The molecule has 1 saturated carbocycles. The van der Waals surface area contributed by atoms with Crippen LogP contribution in [0.3, 0.4) is 0 Å². The Morgan fingerprint density at radius 1 is 1.20 bits per heavy atom. The Bertz CT molecular complexity index is 124. The largest absolute Gasteiger partial charge is 0.157 e. The van der Waals surface area contributed by atoms with Crippen molar-refractivity contribution in [1.82, 2.24) is 0 Å². The van der Waals surface area contributed by atoms with Crippen LogP contribution in [-0.4, -0.2) is 15.8 Å². The molecule has 3 atom stereocenters. The van der Waals surface area contributed by atoms with Gasteiger partial charge in [0, 0.05) is 15.8 Å². The summed E-state index contributed by atoms with van der Waals surface area (Å²) >= 11 is 5.95. The number of thioether (sulfide) groups is 1. The van der Waals surface area contributed by atoms with Crippen LogP contribution in [-0.2, 0) is 0 Å². The highest BCUT2D eigenvalue weighted by molar-refractivity contribution is 9.09. The number of fused-ring (bicyclic) bond motifs is 1. The quantitative estimate of drug-likeness (QED) is 0.566. The van der Waals surface area contributed by atoms with Crippen molar-refractivity contribution in [3.8, 4) is 0 Å². The fourth-order valence-corrected chi connectivity index (χ4v) is 4.96. The van der Waals surface area contributed by atoms with Gasteiger partial charge in [0.2, 0.25) is 0 Å². The van der Waals surface area contributed by atoms with Crippen LogP contribution in [0.25, 0.3) is 0 Å². The molecular formula is C8H13BrS. The van der Waals surface area contributed by atoms with Crippen molar-refractivity contribution in [3.05, 3.63) is 0 Å². The van der Waals surface area contributed by atoms with Gasteiger partial charge in [-0.25, -0.2) is 0 Å². The molecule has 0 aromatic rings. The molecule has 0 nitrogen and oxygen atoms in total. The number of alkyl halides is 1. The van der Waals surface area contributed by atoms with Crippen molar-refractivity contribution in [2.24, 2.45) is 5.92 Å². The molecule has 0 N–H and O–H groups in total. The van der Waals surface area contributed by atoms with E-state index in [1.807, 2.05) is 0 Å². The van der Waals surface area contributed by atoms with Crippen LogP contribution in [0.1, 0.15) is 25.7 Å². The summed E-state index contributed by atoms with van der Waals surface area (Å²) in [6, 6.07) is 0. The fourth-order valence-electron chi connectivity index (χ4n) is 2.09. The minimum Gasteiger partial charge on any atom is -0.157 e. The maximum absolute atomic E-state index is 3.76. The summed E-state index contributed by atoms with van der Waals surface area (Å²) < 4.78 is 0. The van der Waals surface area contributed by atoms with E-state index in [1.54, 1.807) is 0 Å². The Balaban J connectivity index is 2.01. The summed E-state index contributed by atoms with van der Waals surface area (Å²) in [6.07, 6.45) is 5.92. The first-order valence-corrected chi connectivity index (χ1v) is 6.10. The normalized spacial score (nSPS) is 47.1. The standard InChI is InChI=1S/C8H13BrS/c9-7-5-10-8-4-2-1-3-6(7)8/h6-8H,1-5H2. The van der Waals surface area contributed by atoms with Crippen molar-refractivity contribution < 1.29 is 0 Å². The van der Waals surface area contributed by atoms with Gasteiger partial charge in [0.05, 0.1) is 0 Å². The van der Waals surface area contributed by atoms with Crippen molar-refractivity contribution in [2.75, 3.05) is 5.75 Å². The third-order valence-corrected chi connectivity index (χ3v) is 5.68. The average Bonchev–Trinajstić information content (AvgIpc) is 2.34. The van der Waals surface area contributed by atoms with Gasteiger partial charge in [-0.15, -0.1) is 0 Å². The van der Waals surface area contributed by atoms with Crippen LogP contribution in [0.2, 0.25) is 0 Å². The molecular weight excluding hydrogens is 208 g/mol. The number of halogens is 1. The summed E-state index contributed by atoms with van der Waals surface area (Å²) in [5.74, 6) is 2.37. The topological polar surface area (TPSA) is 0 Å². The summed E-state index contributed by atoms with van der Waals surface area (Å²) in [5, 5.41) is 1.01. The van der Waals surface area contributed by atoms with Crippen molar-refractivity contribution in [3.63, 3.8) is 0 Å². The highest BCUT2D eigenvalue weighted by Gasteiger charge is 2.36. The lowest BCUT2D eigenvalue weighted by molar-refractivity contribution is 0.387. The van der Waals surface area contributed by atoms with E-state index in [9.17, 15) is 0 Å². The summed E-state index contributed by atoms with van der Waals surface area (Å²) in [4.78, 5) is 0.836. The molecule has 1 heterocycles. The predicted octanol–water partition coefficient (Wildman–Crippen LogP) is 3.06. The molecule has 0 radical (unpaired) electrons. The van der Waals surface area contributed by atoms with E-state index < -0.39 is 0 Å². The monoisotopic (exact) mass is 220 g/mol. The Kier molecular flexibility index (Phi) is 2.29. The van der Waals surface area contributed by atoms with Gasteiger partial charge in [0.15, 0.2) is 0 Å². The van der Waals surface area contributed by atoms with Crippen LogP contribution >= 0.6 is 27.7 Å². The van der Waals surface area contributed by atoms with Crippen molar-refractivity contribution >= 4 is 27.7 Å². The van der Waals surface area contributed by atoms with E-state index >= 15 is 0 Å². The summed E-state index contributed by atoms with van der Waals surface area (Å²) in [7, 11) is 0. The average molecular weight is 221 g/mol. The summed E-state index contributed by atoms with van der Waals surface area (Å²) in [5.41, 5.74) is 0. The second kappa shape index (κ2) is 3.06. The van der Waals surface area contributed by atoms with Crippen molar-refractivity contribution in [1.29, 1.82) is 0 Å². The van der Waals surface area contributed by atoms with Crippen LogP contribution < -0.4 is 0 Å². The molecule has 58 valence electrons. The molecule has 2 heteroatoms. The smallest absolute Gasteiger partial charge is 0.0275 e. The van der Waals surface area contributed by atoms with Gasteiger partial charge in [-0.1, -0.05) is 28.8 Å². The van der Waals surface area contributed by atoms with E-state index in [2.05, 4.69) is 27.7 Å². The first-order chi connectivity index (χ1) is 4.88. The molecule has 2 fully saturated rings. The molecule has 10 heavy (non-hydrogen) atoms. The zero-order chi connectivity index (χ0) is 6.97. The second-order valence-electron chi connectivity index (χ2n) is 3.34. The Labute approximate surface area is 75.3 Å². The molecule has 3 unspecified atom stereocenters. The number of hydrogen-bond donors (Lipinski definition) is 0. The van der Waals surface area contributed by atoms with E-state index in [4.69, 9.17) is 0 Å². The zero-order valence-corrected chi connectivity index (χ0v) is 8.46. The molecule has 0 aromatic carbocycles. The second-order valence-corrected chi connectivity index (χ2v) is 5.78. The molecule has 0 amide bonds. The van der Waals surface area contributed by atoms with E-state index in [1.165, 1.54) is 31.4 Å². The minimum absolute atomic E-state index is 0.836. The number of rotatable bonds is 0. The molecule has 0 spiro atoms. The molecule has 0 aromatic heterocycles. The molecule has 0 bridgehead atoms. The first-order valence-electron chi connectivity index (χ1n) is 4.13. The summed E-state index contributed by atoms with van der Waals surface area (Å²) in [6.45, 7) is 0. The van der Waals surface area contributed by atoms with Crippen LogP contribution in [0.4, 0.5) is 0 Å². The van der Waals surface area contributed by atoms with Crippen LogP contribution in [0.15, 0.2) is 0 Å². The maximum atomic E-state index is 3.76. The zero-order valence-electron chi connectivity index (χ0n) is 6.05. The third kappa shape index (κ3) is 1.25. The van der Waals surface area contributed by atoms with E-state index in [0.717, 1.165) is 16.0 Å². The molecule has 1 aliphatic carbocycles. The molecule has 2 aliphatic rings. The van der Waals surface area contributed by atoms with Gasteiger partial charge in [-0.2, -0.15) is 11.8 Å². The van der Waals surface area contributed by atoms with Gasteiger partial charge < -0.3 is 0 Å². The van der Waals surface area contributed by atoms with Gasteiger partial charge in [0.25, 0.3) is 0 Å². The van der Waals surface area contributed by atoms with Crippen LogP contribution in [0, 0.1) is 5.92 Å². The Morgan fingerprint density at radius 3 is 2.80 bits per heavy atom. The van der Waals surface area contributed by atoms with Gasteiger partial charge >= 0.3 is 0 Å². The SMILES string of the molecule is BrC1CSC2CCCCC12. The molecule has 1 saturated heterocycles. The van der Waals surface area contributed by atoms with Crippen LogP contribution in [0.5, 0.6) is 0 Å². The van der Waals surface area contributed by atoms with E-state index in [0.29, 0.717) is 0 Å². The Morgan fingerprint density at radius 2 is 2.00 bits per heavy atom. The van der Waals surface area contributed by atoms with Gasteiger partial charge in [-0.05, 0) is 18.8 Å². The highest BCUT2D eigenvalue weighted by Crippen LogP contribution is 2.44.